The van der Waals surface area contributed by atoms with Gasteiger partial charge in [0.15, 0.2) is 0 Å². The molecule has 1 aromatic carbocycles. The zero-order valence-electron chi connectivity index (χ0n) is 10.7. The standard InChI is InChI=1S/C14H22O2/c1-11(15)9-12-5-7-13(8-6-12)14(2,3)10-16-4/h5-8,11,15H,9-10H2,1-4H3. The van der Waals surface area contributed by atoms with Crippen molar-refractivity contribution in [3.8, 4) is 0 Å². The van der Waals surface area contributed by atoms with E-state index in [1.807, 2.05) is 6.92 Å². The molecule has 1 N–H and O–H groups in total. The van der Waals surface area contributed by atoms with Crippen molar-refractivity contribution in [1.82, 2.24) is 0 Å². The summed E-state index contributed by atoms with van der Waals surface area (Å²) >= 11 is 0. The summed E-state index contributed by atoms with van der Waals surface area (Å²) in [4.78, 5) is 0. The van der Waals surface area contributed by atoms with E-state index in [-0.39, 0.29) is 11.5 Å². The molecule has 0 aliphatic carbocycles. The third kappa shape index (κ3) is 3.62. The largest absolute Gasteiger partial charge is 0.393 e. The Morgan fingerprint density at radius 2 is 1.81 bits per heavy atom. The van der Waals surface area contributed by atoms with Crippen LogP contribution in [0.4, 0.5) is 0 Å². The summed E-state index contributed by atoms with van der Waals surface area (Å²) in [5.74, 6) is 0. The van der Waals surface area contributed by atoms with Gasteiger partial charge in [-0.05, 0) is 24.5 Å². The number of aliphatic hydroxyl groups is 1. The molecule has 1 unspecified atom stereocenters. The van der Waals surface area contributed by atoms with E-state index in [1.54, 1.807) is 7.11 Å². The Balaban J connectivity index is 2.78. The molecule has 0 spiro atoms. The molecule has 0 aliphatic rings. The van der Waals surface area contributed by atoms with Crippen LogP contribution in [0.3, 0.4) is 0 Å². The Labute approximate surface area is 98.3 Å². The number of rotatable bonds is 5. The van der Waals surface area contributed by atoms with E-state index < -0.39 is 0 Å². The highest BCUT2D eigenvalue weighted by molar-refractivity contribution is 5.28. The van der Waals surface area contributed by atoms with Gasteiger partial charge in [-0.3, -0.25) is 0 Å². The topological polar surface area (TPSA) is 29.5 Å². The second kappa shape index (κ2) is 5.46. The highest BCUT2D eigenvalue weighted by Gasteiger charge is 2.19. The summed E-state index contributed by atoms with van der Waals surface area (Å²) < 4.78 is 5.22. The number of hydrogen-bond donors (Lipinski definition) is 1. The number of methoxy groups -OCH3 is 1. The summed E-state index contributed by atoms with van der Waals surface area (Å²) in [5, 5.41) is 9.30. The van der Waals surface area contributed by atoms with Gasteiger partial charge in [-0.1, -0.05) is 38.1 Å². The van der Waals surface area contributed by atoms with Crippen molar-refractivity contribution in [2.24, 2.45) is 0 Å². The predicted octanol–water partition coefficient (Wildman–Crippen LogP) is 2.53. The number of aliphatic hydroxyl groups excluding tert-OH is 1. The maximum atomic E-state index is 9.30. The van der Waals surface area contributed by atoms with Gasteiger partial charge >= 0.3 is 0 Å². The minimum Gasteiger partial charge on any atom is -0.393 e. The molecule has 0 heterocycles. The zero-order valence-corrected chi connectivity index (χ0v) is 10.7. The number of ether oxygens (including phenoxy) is 1. The number of benzene rings is 1. The maximum absolute atomic E-state index is 9.30. The quantitative estimate of drug-likeness (QED) is 0.829. The van der Waals surface area contributed by atoms with Crippen LogP contribution in [0.25, 0.3) is 0 Å². The van der Waals surface area contributed by atoms with E-state index in [1.165, 1.54) is 11.1 Å². The lowest BCUT2D eigenvalue weighted by atomic mass is 9.85. The SMILES string of the molecule is COCC(C)(C)c1ccc(CC(C)O)cc1. The second-order valence-corrected chi connectivity index (χ2v) is 5.07. The molecule has 0 aromatic heterocycles. The van der Waals surface area contributed by atoms with Crippen LogP contribution in [-0.4, -0.2) is 24.9 Å². The third-order valence-corrected chi connectivity index (χ3v) is 2.77. The molecule has 0 bridgehead atoms. The molecule has 0 saturated heterocycles. The van der Waals surface area contributed by atoms with Crippen molar-refractivity contribution in [1.29, 1.82) is 0 Å². The second-order valence-electron chi connectivity index (χ2n) is 5.07. The molecule has 0 saturated carbocycles. The molecular weight excluding hydrogens is 200 g/mol. The molecule has 2 heteroatoms. The first-order chi connectivity index (χ1) is 7.45. The van der Waals surface area contributed by atoms with Crippen LogP contribution in [0.5, 0.6) is 0 Å². The van der Waals surface area contributed by atoms with Crippen LogP contribution in [0.15, 0.2) is 24.3 Å². The summed E-state index contributed by atoms with van der Waals surface area (Å²) in [5.41, 5.74) is 2.48. The molecule has 0 aliphatic heterocycles. The fraction of sp³-hybridized carbons (Fsp3) is 0.571. The van der Waals surface area contributed by atoms with Crippen LogP contribution >= 0.6 is 0 Å². The van der Waals surface area contributed by atoms with Crippen LogP contribution < -0.4 is 0 Å². The van der Waals surface area contributed by atoms with Crippen molar-refractivity contribution in [3.63, 3.8) is 0 Å². The Kier molecular flexibility index (Phi) is 4.51. The Morgan fingerprint density at radius 3 is 2.25 bits per heavy atom. The number of hydrogen-bond acceptors (Lipinski definition) is 2. The molecule has 1 atom stereocenters. The predicted molar refractivity (Wildman–Crippen MR) is 66.7 cm³/mol. The van der Waals surface area contributed by atoms with Crippen molar-refractivity contribution in [2.75, 3.05) is 13.7 Å². The third-order valence-electron chi connectivity index (χ3n) is 2.77. The van der Waals surface area contributed by atoms with Crippen LogP contribution in [0.2, 0.25) is 0 Å². The lowest BCUT2D eigenvalue weighted by Gasteiger charge is -2.24. The van der Waals surface area contributed by atoms with Crippen molar-refractivity contribution < 1.29 is 9.84 Å². The smallest absolute Gasteiger partial charge is 0.0553 e. The van der Waals surface area contributed by atoms with Crippen molar-refractivity contribution in [3.05, 3.63) is 35.4 Å². The van der Waals surface area contributed by atoms with Gasteiger partial charge < -0.3 is 9.84 Å². The first-order valence-corrected chi connectivity index (χ1v) is 5.72. The van der Waals surface area contributed by atoms with Crippen LogP contribution in [0, 0.1) is 0 Å². The van der Waals surface area contributed by atoms with E-state index in [0.717, 1.165) is 0 Å². The zero-order chi connectivity index (χ0) is 12.2. The highest BCUT2D eigenvalue weighted by Crippen LogP contribution is 2.23. The monoisotopic (exact) mass is 222 g/mol. The van der Waals surface area contributed by atoms with Gasteiger partial charge in [0.2, 0.25) is 0 Å². The van der Waals surface area contributed by atoms with Gasteiger partial charge in [0.05, 0.1) is 12.7 Å². The summed E-state index contributed by atoms with van der Waals surface area (Å²) in [6.07, 6.45) is 0.433. The summed E-state index contributed by atoms with van der Waals surface area (Å²) in [6.45, 7) is 6.85. The van der Waals surface area contributed by atoms with E-state index in [9.17, 15) is 5.11 Å². The fourth-order valence-electron chi connectivity index (χ4n) is 1.88. The van der Waals surface area contributed by atoms with Crippen molar-refractivity contribution in [2.45, 2.75) is 38.7 Å². The fourth-order valence-corrected chi connectivity index (χ4v) is 1.88. The molecule has 2 nitrogen and oxygen atoms in total. The lowest BCUT2D eigenvalue weighted by molar-refractivity contribution is 0.146. The molecule has 90 valence electrons. The molecule has 0 fully saturated rings. The molecule has 1 aromatic rings. The summed E-state index contributed by atoms with van der Waals surface area (Å²) in [7, 11) is 1.73. The van der Waals surface area contributed by atoms with Gasteiger partial charge in [0.25, 0.3) is 0 Å². The Morgan fingerprint density at radius 1 is 1.25 bits per heavy atom. The lowest BCUT2D eigenvalue weighted by Crippen LogP contribution is -2.23. The first-order valence-electron chi connectivity index (χ1n) is 5.72. The van der Waals surface area contributed by atoms with Gasteiger partial charge in [-0.15, -0.1) is 0 Å². The van der Waals surface area contributed by atoms with E-state index in [4.69, 9.17) is 4.74 Å². The highest BCUT2D eigenvalue weighted by atomic mass is 16.5. The molecule has 0 amide bonds. The van der Waals surface area contributed by atoms with Crippen LogP contribution in [-0.2, 0) is 16.6 Å². The minimum atomic E-state index is -0.280. The molecule has 1 rings (SSSR count). The van der Waals surface area contributed by atoms with Crippen LogP contribution in [0.1, 0.15) is 31.9 Å². The van der Waals surface area contributed by atoms with Gasteiger partial charge in [0.1, 0.15) is 0 Å². The first kappa shape index (κ1) is 13.2. The Bertz CT molecular complexity index is 312. The average molecular weight is 222 g/mol. The van der Waals surface area contributed by atoms with Gasteiger partial charge in [-0.2, -0.15) is 0 Å². The summed E-state index contributed by atoms with van der Waals surface area (Å²) in [6, 6.07) is 8.41. The molecular formula is C14H22O2. The molecule has 0 radical (unpaired) electrons. The van der Waals surface area contributed by atoms with E-state index in [2.05, 4.69) is 38.1 Å². The van der Waals surface area contributed by atoms with Gasteiger partial charge in [0, 0.05) is 12.5 Å². The van der Waals surface area contributed by atoms with Crippen molar-refractivity contribution >= 4 is 0 Å². The molecule has 16 heavy (non-hydrogen) atoms. The van der Waals surface area contributed by atoms with E-state index >= 15 is 0 Å². The Hall–Kier alpha value is -0.860. The average Bonchev–Trinajstić information content (AvgIpc) is 2.17. The normalized spacial score (nSPS) is 13.8. The maximum Gasteiger partial charge on any atom is 0.0553 e. The van der Waals surface area contributed by atoms with E-state index in [0.29, 0.717) is 13.0 Å². The van der Waals surface area contributed by atoms with Gasteiger partial charge in [-0.25, -0.2) is 0 Å². The minimum absolute atomic E-state index is 0.0398.